The Balaban J connectivity index is 0.000000134. The fraction of sp³-hybridized carbons (Fsp3) is 0. The van der Waals surface area contributed by atoms with Gasteiger partial charge in [0.15, 0.2) is 0 Å². The molecule has 0 radical (unpaired) electrons. The maximum absolute atomic E-state index is 7.51. The number of rotatable bonds is 11. The molecule has 6 nitrogen and oxygen atoms in total. The number of hydrogen-bond donors (Lipinski definition) is 1. The van der Waals surface area contributed by atoms with Crippen LogP contribution in [0.1, 0.15) is 0 Å². The summed E-state index contributed by atoms with van der Waals surface area (Å²) in [6.07, 6.45) is 0. The van der Waals surface area contributed by atoms with Crippen molar-refractivity contribution in [3.8, 4) is 0 Å². The van der Waals surface area contributed by atoms with Gasteiger partial charge in [-0.25, -0.2) is 0 Å². The highest BCUT2D eigenvalue weighted by Crippen LogP contribution is 2.50. The topological polar surface area (TPSA) is 48.0 Å². The van der Waals surface area contributed by atoms with Gasteiger partial charge in [0.05, 0.1) is 54.3 Å². The van der Waals surface area contributed by atoms with Crippen LogP contribution in [0.3, 0.4) is 0 Å². The first-order valence-electron chi connectivity index (χ1n) is 29.3. The summed E-state index contributed by atoms with van der Waals surface area (Å²) in [6.45, 7) is 0. The van der Waals surface area contributed by atoms with Crippen LogP contribution in [0, 0.1) is 0 Å². The minimum Gasteiger partial charge on any atom is -0.456 e. The Bertz CT molecular complexity index is 5030. The first-order valence-corrected chi connectivity index (χ1v) is 30.4. The zero-order valence-corrected chi connectivity index (χ0v) is 50.2. The van der Waals surface area contributed by atoms with Gasteiger partial charge in [-0.15, -0.1) is 0 Å². The number of para-hydroxylation sites is 6. The summed E-state index contributed by atoms with van der Waals surface area (Å²) in [7, 11) is 0. The Morgan fingerprint density at radius 1 is 0.247 bits per heavy atom. The SMILES string of the molecule is Clc1c(N(c2ccccc2)c2ccccc2)cccc1N(c1ccccc1)c1cccc2oc3cc4ccccc4cc3c12.Clc1cccc(N(c2ccccc2)c2cccc3oc4cc5ccccc5cc4c23)c1Cl.c1ccc(Nc2ccccc2)cc1. The molecular formula is C80H55Cl3N4O2. The predicted molar refractivity (Wildman–Crippen MR) is 378 cm³/mol. The van der Waals surface area contributed by atoms with Gasteiger partial charge in [0.1, 0.15) is 22.3 Å². The molecule has 0 spiro atoms. The third kappa shape index (κ3) is 11.5. The minimum atomic E-state index is 0.508. The lowest BCUT2D eigenvalue weighted by Gasteiger charge is -2.31. The van der Waals surface area contributed by atoms with Gasteiger partial charge in [-0.05, 0) is 167 Å². The monoisotopic (exact) mass is 1210 g/mol. The summed E-state index contributed by atoms with van der Waals surface area (Å²) in [5, 5.41) is 13.8. The average Bonchev–Trinajstić information content (AvgIpc) is 1.79. The lowest BCUT2D eigenvalue weighted by atomic mass is 10.0. The van der Waals surface area contributed by atoms with Gasteiger partial charge < -0.3 is 28.9 Å². The minimum absolute atomic E-state index is 0.508. The highest BCUT2D eigenvalue weighted by Gasteiger charge is 2.26. The number of hydrogen-bond acceptors (Lipinski definition) is 6. The molecule has 428 valence electrons. The summed E-state index contributed by atoms with van der Waals surface area (Å²) >= 11 is 20.6. The Kier molecular flexibility index (Phi) is 16.0. The first-order chi connectivity index (χ1) is 43.9. The quantitative estimate of drug-likeness (QED) is 0.139. The van der Waals surface area contributed by atoms with Crippen molar-refractivity contribution in [3.63, 3.8) is 0 Å². The van der Waals surface area contributed by atoms with E-state index in [0.717, 1.165) is 117 Å². The van der Waals surface area contributed by atoms with Crippen LogP contribution in [-0.2, 0) is 0 Å². The highest BCUT2D eigenvalue weighted by molar-refractivity contribution is 6.44. The van der Waals surface area contributed by atoms with Crippen molar-refractivity contribution < 1.29 is 8.83 Å². The molecule has 89 heavy (non-hydrogen) atoms. The zero-order chi connectivity index (χ0) is 60.0. The van der Waals surface area contributed by atoms with E-state index in [4.69, 9.17) is 43.6 Å². The molecule has 0 saturated heterocycles. The van der Waals surface area contributed by atoms with Crippen molar-refractivity contribution in [1.29, 1.82) is 0 Å². The molecule has 0 bridgehead atoms. The molecule has 16 aromatic rings. The number of anilines is 11. The first kappa shape index (κ1) is 56.1. The fourth-order valence-corrected chi connectivity index (χ4v) is 12.3. The van der Waals surface area contributed by atoms with Gasteiger partial charge >= 0.3 is 0 Å². The second-order valence-corrected chi connectivity index (χ2v) is 22.4. The van der Waals surface area contributed by atoms with Crippen LogP contribution in [0.2, 0.25) is 15.1 Å². The van der Waals surface area contributed by atoms with Crippen LogP contribution in [0.4, 0.5) is 62.6 Å². The normalized spacial score (nSPS) is 11.1. The predicted octanol–water partition coefficient (Wildman–Crippen LogP) is 25.3. The van der Waals surface area contributed by atoms with E-state index in [0.29, 0.717) is 15.1 Å². The van der Waals surface area contributed by atoms with Crippen molar-refractivity contribution in [1.82, 2.24) is 0 Å². The molecule has 2 heterocycles. The maximum atomic E-state index is 7.51. The largest absolute Gasteiger partial charge is 0.456 e. The third-order valence-electron chi connectivity index (χ3n) is 15.7. The second kappa shape index (κ2) is 25.3. The van der Waals surface area contributed by atoms with E-state index in [1.54, 1.807) is 6.07 Å². The van der Waals surface area contributed by atoms with Crippen molar-refractivity contribution >= 4 is 163 Å². The highest BCUT2D eigenvalue weighted by atomic mass is 35.5. The molecule has 0 atom stereocenters. The lowest BCUT2D eigenvalue weighted by molar-refractivity contribution is 0.669. The van der Waals surface area contributed by atoms with E-state index in [2.05, 4.69) is 178 Å². The lowest BCUT2D eigenvalue weighted by Crippen LogP contribution is -2.14. The molecule has 1 N–H and O–H groups in total. The molecule has 0 fully saturated rings. The van der Waals surface area contributed by atoms with Gasteiger partial charge in [-0.2, -0.15) is 0 Å². The van der Waals surface area contributed by atoms with Crippen molar-refractivity contribution in [2.45, 2.75) is 0 Å². The molecule has 0 amide bonds. The van der Waals surface area contributed by atoms with E-state index in [1.165, 1.54) is 10.8 Å². The number of nitrogens with zero attached hydrogens (tertiary/aromatic N) is 3. The maximum Gasteiger partial charge on any atom is 0.137 e. The van der Waals surface area contributed by atoms with E-state index in [-0.39, 0.29) is 0 Å². The van der Waals surface area contributed by atoms with E-state index in [9.17, 15) is 0 Å². The molecule has 0 aliphatic heterocycles. The summed E-state index contributed by atoms with van der Waals surface area (Å²) in [5.74, 6) is 0. The second-order valence-electron chi connectivity index (χ2n) is 21.3. The van der Waals surface area contributed by atoms with E-state index < -0.39 is 0 Å². The molecule has 0 aliphatic rings. The molecule has 0 saturated carbocycles. The Morgan fingerprint density at radius 2 is 0.551 bits per heavy atom. The third-order valence-corrected chi connectivity index (χ3v) is 16.9. The fourth-order valence-electron chi connectivity index (χ4n) is 11.6. The Hall–Kier alpha value is -10.7. The Morgan fingerprint density at radius 3 is 0.955 bits per heavy atom. The van der Waals surface area contributed by atoms with Gasteiger partial charge in [0.25, 0.3) is 0 Å². The van der Waals surface area contributed by atoms with Gasteiger partial charge in [-0.1, -0.05) is 217 Å². The number of benzene rings is 14. The smallest absolute Gasteiger partial charge is 0.137 e. The van der Waals surface area contributed by atoms with Gasteiger partial charge in [0.2, 0.25) is 0 Å². The van der Waals surface area contributed by atoms with Crippen molar-refractivity contribution in [2.24, 2.45) is 0 Å². The molecule has 0 aliphatic carbocycles. The number of nitrogens with one attached hydrogen (secondary N) is 1. The summed E-state index contributed by atoms with van der Waals surface area (Å²) < 4.78 is 12.8. The average molecular weight is 1210 g/mol. The summed E-state index contributed by atoms with van der Waals surface area (Å²) in [4.78, 5) is 6.59. The standard InChI is InChI=1S/C40H27ClN2O.C28H17Cl2NO.C12H11N/c41-40-35(42(30-16-4-1-5-17-30)31-18-6-2-7-19-31)23-12-24-36(40)43(32-20-8-3-9-21-32)34-22-13-25-37-39(34)33-26-28-14-10-11-15-29(28)27-38(33)44-37;29-22-12-6-14-24(28(22)30)31(20-10-2-1-3-11-20)23-13-7-15-25-27(23)21-16-18-8-4-5-9-19(18)17-26(21)32-25;1-3-7-11(8-4-1)13-12-9-5-2-6-10-12/h1-27H;1-17H;1-10,13H. The molecule has 0 unspecified atom stereocenters. The van der Waals surface area contributed by atoms with Crippen LogP contribution >= 0.6 is 34.8 Å². The number of fused-ring (bicyclic) bond motifs is 8. The summed E-state index contributed by atoms with van der Waals surface area (Å²) in [5.41, 5.74) is 14.2. The van der Waals surface area contributed by atoms with Crippen LogP contribution in [0.25, 0.3) is 65.4 Å². The Labute approximate surface area is 530 Å². The molecule has 14 aromatic carbocycles. The van der Waals surface area contributed by atoms with Crippen LogP contribution in [0.15, 0.2) is 336 Å². The van der Waals surface area contributed by atoms with Crippen LogP contribution in [-0.4, -0.2) is 0 Å². The van der Waals surface area contributed by atoms with Gasteiger partial charge in [0, 0.05) is 44.9 Å². The van der Waals surface area contributed by atoms with Crippen molar-refractivity contribution in [2.75, 3.05) is 20.0 Å². The van der Waals surface area contributed by atoms with Crippen molar-refractivity contribution in [3.05, 3.63) is 343 Å². The zero-order valence-electron chi connectivity index (χ0n) is 48.0. The van der Waals surface area contributed by atoms with E-state index >= 15 is 0 Å². The molecule has 9 heteroatoms. The molecule has 2 aromatic heterocycles. The number of halogens is 3. The van der Waals surface area contributed by atoms with Crippen LogP contribution < -0.4 is 20.0 Å². The number of furan rings is 2. The molecule has 16 rings (SSSR count). The van der Waals surface area contributed by atoms with Gasteiger partial charge in [-0.3, -0.25) is 0 Å². The van der Waals surface area contributed by atoms with Crippen LogP contribution in [0.5, 0.6) is 0 Å². The summed E-state index contributed by atoms with van der Waals surface area (Å²) in [6, 6.07) is 111. The molecular weight excluding hydrogens is 1160 g/mol. The van der Waals surface area contributed by atoms with E-state index in [1.807, 2.05) is 164 Å².